The van der Waals surface area contributed by atoms with Crippen LogP contribution in [-0.4, -0.2) is 48.0 Å². The lowest BCUT2D eigenvalue weighted by Gasteiger charge is -2.14. The Bertz CT molecular complexity index is 809. The zero-order valence-electron chi connectivity index (χ0n) is 17.9. The largest absolute Gasteiger partial charge is 0.493 e. The predicted octanol–water partition coefficient (Wildman–Crippen LogP) is 3.02. The molecule has 7 heteroatoms. The number of methoxy groups -OCH3 is 4. The number of benzene rings is 2. The minimum Gasteiger partial charge on any atom is -0.493 e. The average Bonchev–Trinajstić information content (AvgIpc) is 2.78. The van der Waals surface area contributed by atoms with E-state index in [-0.39, 0.29) is 0 Å². The molecule has 0 aliphatic heterocycles. The summed E-state index contributed by atoms with van der Waals surface area (Å²) in [6.07, 6.45) is 1.90. The van der Waals surface area contributed by atoms with Crippen molar-refractivity contribution in [3.8, 4) is 23.0 Å². The molecule has 0 heterocycles. The Balaban J connectivity index is 1.79. The zero-order valence-corrected chi connectivity index (χ0v) is 17.9. The molecular formula is C22H31N3O4. The molecule has 0 saturated heterocycles. The number of rotatable bonds is 10. The van der Waals surface area contributed by atoms with Gasteiger partial charge in [0.15, 0.2) is 29.0 Å². The Morgan fingerprint density at radius 1 is 0.759 bits per heavy atom. The van der Waals surface area contributed by atoms with E-state index < -0.39 is 0 Å². The van der Waals surface area contributed by atoms with Crippen molar-refractivity contribution in [3.05, 3.63) is 47.5 Å². The molecule has 2 aromatic carbocycles. The molecular weight excluding hydrogens is 370 g/mol. The maximum Gasteiger partial charge on any atom is 0.191 e. The van der Waals surface area contributed by atoms with E-state index in [1.807, 2.05) is 30.3 Å². The molecule has 7 nitrogen and oxygen atoms in total. The van der Waals surface area contributed by atoms with Crippen LogP contribution in [0.4, 0.5) is 0 Å². The van der Waals surface area contributed by atoms with Crippen molar-refractivity contribution in [3.63, 3.8) is 0 Å². The molecule has 0 bridgehead atoms. The van der Waals surface area contributed by atoms with E-state index in [0.717, 1.165) is 42.4 Å². The molecule has 0 amide bonds. The topological polar surface area (TPSA) is 73.3 Å². The summed E-state index contributed by atoms with van der Waals surface area (Å²) in [6, 6.07) is 11.9. The van der Waals surface area contributed by atoms with Gasteiger partial charge in [0.2, 0.25) is 0 Å². The predicted molar refractivity (Wildman–Crippen MR) is 116 cm³/mol. The Labute approximate surface area is 173 Å². The Hall–Kier alpha value is -3.09. The number of hydrogen-bond acceptors (Lipinski definition) is 5. The Kier molecular flexibility index (Phi) is 8.95. The van der Waals surface area contributed by atoms with Gasteiger partial charge in [-0.25, -0.2) is 0 Å². The summed E-state index contributed by atoms with van der Waals surface area (Å²) >= 11 is 0. The number of aryl methyl sites for hydroxylation is 1. The summed E-state index contributed by atoms with van der Waals surface area (Å²) in [6.45, 7) is 1.44. The van der Waals surface area contributed by atoms with E-state index in [9.17, 15) is 0 Å². The van der Waals surface area contributed by atoms with E-state index >= 15 is 0 Å². The van der Waals surface area contributed by atoms with Crippen LogP contribution in [0.1, 0.15) is 17.5 Å². The first-order chi connectivity index (χ1) is 14.1. The van der Waals surface area contributed by atoms with E-state index in [4.69, 9.17) is 18.9 Å². The van der Waals surface area contributed by atoms with Gasteiger partial charge in [-0.05, 0) is 48.2 Å². The van der Waals surface area contributed by atoms with Gasteiger partial charge >= 0.3 is 0 Å². The third-order valence-electron chi connectivity index (χ3n) is 4.51. The fourth-order valence-electron chi connectivity index (χ4n) is 2.93. The van der Waals surface area contributed by atoms with E-state index in [2.05, 4.69) is 21.7 Å². The van der Waals surface area contributed by atoms with Gasteiger partial charge in [-0.1, -0.05) is 12.1 Å². The van der Waals surface area contributed by atoms with Crippen LogP contribution >= 0.6 is 0 Å². The van der Waals surface area contributed by atoms with Crippen LogP contribution in [0.2, 0.25) is 0 Å². The number of guanidine groups is 1. The lowest BCUT2D eigenvalue weighted by Crippen LogP contribution is -2.37. The van der Waals surface area contributed by atoms with E-state index in [1.165, 1.54) is 5.56 Å². The van der Waals surface area contributed by atoms with Gasteiger partial charge < -0.3 is 29.6 Å². The van der Waals surface area contributed by atoms with Gasteiger partial charge in [0.25, 0.3) is 0 Å². The molecule has 2 aromatic rings. The highest BCUT2D eigenvalue weighted by molar-refractivity contribution is 5.79. The number of hydrogen-bond donors (Lipinski definition) is 2. The lowest BCUT2D eigenvalue weighted by atomic mass is 10.1. The molecule has 0 aromatic heterocycles. The second-order valence-electron chi connectivity index (χ2n) is 6.33. The van der Waals surface area contributed by atoms with Gasteiger partial charge in [-0.15, -0.1) is 0 Å². The highest BCUT2D eigenvalue weighted by Crippen LogP contribution is 2.28. The van der Waals surface area contributed by atoms with Crippen LogP contribution in [0.5, 0.6) is 23.0 Å². The van der Waals surface area contributed by atoms with Crippen LogP contribution < -0.4 is 29.6 Å². The molecule has 2 N–H and O–H groups in total. The summed E-state index contributed by atoms with van der Waals surface area (Å²) in [7, 11) is 8.31. The van der Waals surface area contributed by atoms with Crippen molar-refractivity contribution < 1.29 is 18.9 Å². The normalized spacial score (nSPS) is 11.0. The summed E-state index contributed by atoms with van der Waals surface area (Å²) in [5.41, 5.74) is 2.29. The molecule has 0 spiro atoms. The molecule has 0 saturated carbocycles. The molecule has 2 rings (SSSR count). The SMILES string of the molecule is CN=C(NCCCc1ccc(OC)c(OC)c1)NCc1ccc(OC)c(OC)c1. The van der Waals surface area contributed by atoms with Crippen LogP contribution in [0.25, 0.3) is 0 Å². The molecule has 0 atom stereocenters. The first kappa shape index (κ1) is 22.2. The number of ether oxygens (including phenoxy) is 4. The van der Waals surface area contributed by atoms with Crippen molar-refractivity contribution in [2.75, 3.05) is 42.0 Å². The zero-order chi connectivity index (χ0) is 21.1. The van der Waals surface area contributed by atoms with E-state index in [1.54, 1.807) is 35.5 Å². The molecule has 0 aliphatic rings. The highest BCUT2D eigenvalue weighted by atomic mass is 16.5. The average molecular weight is 402 g/mol. The standard InChI is InChI=1S/C22H31N3O4/c1-23-22(25-15-17-9-11-19(27-3)21(14-17)29-5)24-12-6-7-16-8-10-18(26-2)20(13-16)28-4/h8-11,13-14H,6-7,12,15H2,1-5H3,(H2,23,24,25). The smallest absolute Gasteiger partial charge is 0.191 e. The molecule has 0 fully saturated rings. The highest BCUT2D eigenvalue weighted by Gasteiger charge is 2.06. The molecule has 158 valence electrons. The van der Waals surface area contributed by atoms with Crippen LogP contribution in [0.3, 0.4) is 0 Å². The molecule has 0 unspecified atom stereocenters. The molecule has 0 radical (unpaired) electrons. The van der Waals surface area contributed by atoms with Crippen molar-refractivity contribution >= 4 is 5.96 Å². The van der Waals surface area contributed by atoms with Gasteiger partial charge in [0.05, 0.1) is 28.4 Å². The van der Waals surface area contributed by atoms with Gasteiger partial charge in [-0.2, -0.15) is 0 Å². The number of nitrogens with zero attached hydrogens (tertiary/aromatic N) is 1. The number of nitrogens with one attached hydrogen (secondary N) is 2. The Morgan fingerprint density at radius 2 is 1.31 bits per heavy atom. The van der Waals surface area contributed by atoms with Gasteiger partial charge in [0, 0.05) is 20.1 Å². The second-order valence-corrected chi connectivity index (χ2v) is 6.33. The van der Waals surface area contributed by atoms with Crippen molar-refractivity contribution in [1.29, 1.82) is 0 Å². The van der Waals surface area contributed by atoms with Crippen LogP contribution in [0, 0.1) is 0 Å². The summed E-state index contributed by atoms with van der Waals surface area (Å²) in [5, 5.41) is 6.65. The van der Waals surface area contributed by atoms with Crippen molar-refractivity contribution in [1.82, 2.24) is 10.6 Å². The fraction of sp³-hybridized carbons (Fsp3) is 0.409. The minimum atomic E-state index is 0.635. The van der Waals surface area contributed by atoms with Gasteiger partial charge in [-0.3, -0.25) is 4.99 Å². The second kappa shape index (κ2) is 11.7. The summed E-state index contributed by atoms with van der Waals surface area (Å²) in [5.74, 6) is 3.69. The third kappa shape index (κ3) is 6.48. The summed E-state index contributed by atoms with van der Waals surface area (Å²) < 4.78 is 21.3. The summed E-state index contributed by atoms with van der Waals surface area (Å²) in [4.78, 5) is 4.28. The van der Waals surface area contributed by atoms with Crippen LogP contribution in [0.15, 0.2) is 41.4 Å². The van der Waals surface area contributed by atoms with E-state index in [0.29, 0.717) is 18.0 Å². The van der Waals surface area contributed by atoms with Crippen LogP contribution in [-0.2, 0) is 13.0 Å². The monoisotopic (exact) mass is 401 g/mol. The van der Waals surface area contributed by atoms with Crippen molar-refractivity contribution in [2.45, 2.75) is 19.4 Å². The fourth-order valence-corrected chi connectivity index (χ4v) is 2.93. The van der Waals surface area contributed by atoms with Gasteiger partial charge in [0.1, 0.15) is 0 Å². The third-order valence-corrected chi connectivity index (χ3v) is 4.51. The minimum absolute atomic E-state index is 0.635. The quantitative estimate of drug-likeness (QED) is 0.362. The Morgan fingerprint density at radius 3 is 1.86 bits per heavy atom. The first-order valence-electron chi connectivity index (χ1n) is 9.51. The first-order valence-corrected chi connectivity index (χ1v) is 9.51. The molecule has 29 heavy (non-hydrogen) atoms. The van der Waals surface area contributed by atoms with Crippen molar-refractivity contribution in [2.24, 2.45) is 4.99 Å². The molecule has 0 aliphatic carbocycles. The maximum atomic E-state index is 5.36. The maximum absolute atomic E-state index is 5.36. The number of aliphatic imine (C=N–C) groups is 1. The lowest BCUT2D eigenvalue weighted by molar-refractivity contribution is 0.354.